The molecule has 0 aliphatic rings. The third kappa shape index (κ3) is 4.62. The van der Waals surface area contributed by atoms with Crippen LogP contribution in [0.4, 0.5) is 0 Å². The van der Waals surface area contributed by atoms with Crippen molar-refractivity contribution in [2.24, 2.45) is 0 Å². The van der Waals surface area contributed by atoms with E-state index in [2.05, 4.69) is 4.74 Å². The quantitative estimate of drug-likeness (QED) is 0.587. The van der Waals surface area contributed by atoms with Crippen LogP contribution >= 0.6 is 0 Å². The zero-order valence-electron chi connectivity index (χ0n) is 8.66. The van der Waals surface area contributed by atoms with Crippen molar-refractivity contribution in [2.45, 2.75) is 25.8 Å². The van der Waals surface area contributed by atoms with Gasteiger partial charge in [0, 0.05) is 6.42 Å². The fourth-order valence-corrected chi connectivity index (χ4v) is 1.18. The van der Waals surface area contributed by atoms with Crippen LogP contribution in [0.1, 0.15) is 19.8 Å². The molecule has 0 aromatic rings. The molecular weight excluding hydrogens is 170 g/mol. The molecule has 0 aromatic carbocycles. The first-order valence-electron chi connectivity index (χ1n) is 4.22. The van der Waals surface area contributed by atoms with Crippen molar-refractivity contribution >= 4 is 11.8 Å². The number of carbonyl (C=O) groups excluding carboxylic acids is 2. The normalized spacial score (nSPS) is 12.7. The summed E-state index contributed by atoms with van der Waals surface area (Å²) >= 11 is 0. The van der Waals surface area contributed by atoms with E-state index in [-0.39, 0.29) is 17.8 Å². The molecule has 4 nitrogen and oxygen atoms in total. The SMILES string of the molecule is COC(=O)CC[C@@H](C(C)=O)N(C)C. The van der Waals surface area contributed by atoms with E-state index in [1.165, 1.54) is 14.0 Å². The minimum Gasteiger partial charge on any atom is -0.469 e. The van der Waals surface area contributed by atoms with Gasteiger partial charge in [0.1, 0.15) is 5.78 Å². The largest absolute Gasteiger partial charge is 0.469 e. The predicted molar refractivity (Wildman–Crippen MR) is 49.4 cm³/mol. The number of nitrogens with zero attached hydrogens (tertiary/aromatic N) is 1. The Morgan fingerprint density at radius 1 is 1.38 bits per heavy atom. The van der Waals surface area contributed by atoms with Gasteiger partial charge < -0.3 is 4.74 Å². The number of methoxy groups -OCH3 is 1. The highest BCUT2D eigenvalue weighted by Crippen LogP contribution is 2.05. The second kappa shape index (κ2) is 5.70. The third-order valence-electron chi connectivity index (χ3n) is 1.94. The number of carbonyl (C=O) groups is 2. The van der Waals surface area contributed by atoms with Gasteiger partial charge in [-0.25, -0.2) is 0 Å². The Balaban J connectivity index is 3.97. The highest BCUT2D eigenvalue weighted by molar-refractivity contribution is 5.82. The molecule has 0 radical (unpaired) electrons. The molecule has 1 atom stereocenters. The molecule has 0 bridgehead atoms. The van der Waals surface area contributed by atoms with Crippen LogP contribution in [-0.2, 0) is 14.3 Å². The zero-order valence-corrected chi connectivity index (χ0v) is 8.66. The van der Waals surface area contributed by atoms with E-state index in [0.717, 1.165) is 0 Å². The van der Waals surface area contributed by atoms with Gasteiger partial charge in [0.25, 0.3) is 0 Å². The maximum atomic E-state index is 11.1. The van der Waals surface area contributed by atoms with E-state index in [4.69, 9.17) is 0 Å². The second-order valence-electron chi connectivity index (χ2n) is 3.20. The van der Waals surface area contributed by atoms with E-state index >= 15 is 0 Å². The molecule has 0 aliphatic carbocycles. The summed E-state index contributed by atoms with van der Waals surface area (Å²) in [6.45, 7) is 1.53. The van der Waals surface area contributed by atoms with Crippen molar-refractivity contribution < 1.29 is 14.3 Å². The van der Waals surface area contributed by atoms with Gasteiger partial charge in [-0.15, -0.1) is 0 Å². The zero-order chi connectivity index (χ0) is 10.4. The number of esters is 1. The summed E-state index contributed by atoms with van der Waals surface area (Å²) in [5.74, 6) is -0.193. The van der Waals surface area contributed by atoms with Crippen LogP contribution in [0.5, 0.6) is 0 Å². The molecule has 0 saturated carbocycles. The third-order valence-corrected chi connectivity index (χ3v) is 1.94. The van der Waals surface area contributed by atoms with E-state index < -0.39 is 0 Å². The van der Waals surface area contributed by atoms with Crippen molar-refractivity contribution in [3.05, 3.63) is 0 Å². The number of likely N-dealkylation sites (N-methyl/N-ethyl adjacent to an activating group) is 1. The lowest BCUT2D eigenvalue weighted by atomic mass is 10.1. The average Bonchev–Trinajstić information content (AvgIpc) is 2.03. The van der Waals surface area contributed by atoms with Crippen LogP contribution in [0.15, 0.2) is 0 Å². The molecule has 0 saturated heterocycles. The number of hydrogen-bond acceptors (Lipinski definition) is 4. The molecule has 0 aromatic heterocycles. The van der Waals surface area contributed by atoms with Gasteiger partial charge in [-0.05, 0) is 27.4 Å². The number of ketones is 1. The van der Waals surface area contributed by atoms with Crippen molar-refractivity contribution in [1.29, 1.82) is 0 Å². The maximum Gasteiger partial charge on any atom is 0.305 e. The Bertz CT molecular complexity index is 189. The summed E-state index contributed by atoms with van der Waals surface area (Å²) in [5.41, 5.74) is 0. The van der Waals surface area contributed by atoms with Crippen LogP contribution in [0.3, 0.4) is 0 Å². The highest BCUT2D eigenvalue weighted by Gasteiger charge is 2.17. The number of hydrogen-bond donors (Lipinski definition) is 0. The molecule has 0 amide bonds. The summed E-state index contributed by atoms with van der Waals surface area (Å²) in [5, 5.41) is 0. The first-order valence-corrected chi connectivity index (χ1v) is 4.22. The van der Waals surface area contributed by atoms with Crippen LogP contribution < -0.4 is 0 Å². The fraction of sp³-hybridized carbons (Fsp3) is 0.778. The Morgan fingerprint density at radius 2 is 1.92 bits per heavy atom. The maximum absolute atomic E-state index is 11.1. The number of rotatable bonds is 5. The molecular formula is C9H17NO3. The van der Waals surface area contributed by atoms with Crippen LogP contribution in [-0.4, -0.2) is 43.9 Å². The Hall–Kier alpha value is -0.900. The minimum atomic E-state index is -0.270. The Kier molecular flexibility index (Phi) is 5.30. The van der Waals surface area contributed by atoms with Crippen LogP contribution in [0.25, 0.3) is 0 Å². The molecule has 13 heavy (non-hydrogen) atoms. The van der Waals surface area contributed by atoms with Crippen molar-refractivity contribution in [2.75, 3.05) is 21.2 Å². The smallest absolute Gasteiger partial charge is 0.305 e. The molecule has 4 heteroatoms. The van der Waals surface area contributed by atoms with Crippen molar-refractivity contribution in [3.63, 3.8) is 0 Å². The second-order valence-corrected chi connectivity index (χ2v) is 3.20. The van der Waals surface area contributed by atoms with Crippen molar-refractivity contribution in [1.82, 2.24) is 4.90 Å². The van der Waals surface area contributed by atoms with Gasteiger partial charge in [0.15, 0.2) is 0 Å². The predicted octanol–water partition coefficient (Wildman–Crippen LogP) is 0.459. The molecule has 0 unspecified atom stereocenters. The van der Waals surface area contributed by atoms with Crippen molar-refractivity contribution in [3.8, 4) is 0 Å². The number of ether oxygens (including phenoxy) is 1. The lowest BCUT2D eigenvalue weighted by Crippen LogP contribution is -2.34. The Labute approximate surface area is 78.9 Å². The average molecular weight is 187 g/mol. The van der Waals surface area contributed by atoms with Crippen LogP contribution in [0, 0.1) is 0 Å². The first-order chi connectivity index (χ1) is 5.99. The monoisotopic (exact) mass is 187 g/mol. The summed E-state index contributed by atoms with van der Waals surface area (Å²) in [6, 6.07) is -0.181. The topological polar surface area (TPSA) is 46.6 Å². The van der Waals surface area contributed by atoms with Gasteiger partial charge in [0.2, 0.25) is 0 Å². The first kappa shape index (κ1) is 12.1. The number of Topliss-reactive ketones (excluding diaryl/α,β-unsaturated/α-hetero) is 1. The van der Waals surface area contributed by atoms with E-state index in [1.807, 2.05) is 19.0 Å². The van der Waals surface area contributed by atoms with Gasteiger partial charge in [-0.2, -0.15) is 0 Å². The molecule has 0 N–H and O–H groups in total. The molecule has 0 aliphatic heterocycles. The highest BCUT2D eigenvalue weighted by atomic mass is 16.5. The van der Waals surface area contributed by atoms with Gasteiger partial charge in [-0.1, -0.05) is 0 Å². The van der Waals surface area contributed by atoms with Gasteiger partial charge >= 0.3 is 5.97 Å². The van der Waals surface area contributed by atoms with Gasteiger partial charge in [-0.3, -0.25) is 14.5 Å². The van der Waals surface area contributed by atoms with Crippen LogP contribution in [0.2, 0.25) is 0 Å². The van der Waals surface area contributed by atoms with E-state index in [9.17, 15) is 9.59 Å². The fourth-order valence-electron chi connectivity index (χ4n) is 1.18. The molecule has 0 heterocycles. The summed E-state index contributed by atoms with van der Waals surface area (Å²) in [4.78, 5) is 23.7. The minimum absolute atomic E-state index is 0.0777. The van der Waals surface area contributed by atoms with E-state index in [0.29, 0.717) is 12.8 Å². The Morgan fingerprint density at radius 3 is 2.23 bits per heavy atom. The lowest BCUT2D eigenvalue weighted by molar-refractivity contribution is -0.141. The van der Waals surface area contributed by atoms with Gasteiger partial charge in [0.05, 0.1) is 13.2 Å². The molecule has 76 valence electrons. The standard InChI is InChI=1S/C9H17NO3/c1-7(11)8(10(2)3)5-6-9(12)13-4/h8H,5-6H2,1-4H3/t8-/m0/s1. The van der Waals surface area contributed by atoms with E-state index in [1.54, 1.807) is 0 Å². The molecule has 0 rings (SSSR count). The molecule has 0 fully saturated rings. The summed E-state index contributed by atoms with van der Waals surface area (Å²) < 4.78 is 4.49. The lowest BCUT2D eigenvalue weighted by Gasteiger charge is -2.20. The molecule has 0 spiro atoms. The summed E-state index contributed by atoms with van der Waals surface area (Å²) in [6.07, 6.45) is 0.813. The summed E-state index contributed by atoms with van der Waals surface area (Å²) in [7, 11) is 4.99.